The number of nitrogens with one attached hydrogen (secondary N) is 1. The summed E-state index contributed by atoms with van der Waals surface area (Å²) in [5.41, 5.74) is 18.2. The maximum Gasteiger partial charge on any atom is 0.157 e. The number of aliphatic imine (C=N–C) groups is 2. The Morgan fingerprint density at radius 1 is 0.541 bits per heavy atom. The minimum absolute atomic E-state index is 0.422. The van der Waals surface area contributed by atoms with Crippen molar-refractivity contribution >= 4 is 33.6 Å². The molecule has 1 N–H and O–H groups in total. The van der Waals surface area contributed by atoms with Gasteiger partial charge in [0.15, 0.2) is 5.84 Å². The van der Waals surface area contributed by atoms with Crippen LogP contribution in [0.5, 0.6) is 0 Å². The second-order valence-electron chi connectivity index (χ2n) is 16.0. The summed E-state index contributed by atoms with van der Waals surface area (Å²) in [5, 5.41) is 5.95. The normalized spacial score (nSPS) is 14.8. The van der Waals surface area contributed by atoms with Crippen molar-refractivity contribution in [2.75, 3.05) is 7.05 Å². The average molecular weight is 782 g/mol. The van der Waals surface area contributed by atoms with Crippen LogP contribution in [0.2, 0.25) is 0 Å². The lowest BCUT2D eigenvalue weighted by Crippen LogP contribution is -2.26. The molecule has 3 nitrogen and oxygen atoms in total. The molecule has 0 unspecified atom stereocenters. The molecule has 61 heavy (non-hydrogen) atoms. The third-order valence-electron chi connectivity index (χ3n) is 12.6. The predicted molar refractivity (Wildman–Crippen MR) is 255 cm³/mol. The van der Waals surface area contributed by atoms with Crippen LogP contribution in [0, 0.1) is 0 Å². The van der Waals surface area contributed by atoms with Gasteiger partial charge in [0, 0.05) is 18.2 Å². The van der Waals surface area contributed by atoms with Gasteiger partial charge in [-0.15, -0.1) is 0 Å². The van der Waals surface area contributed by atoms with E-state index in [4.69, 9.17) is 9.98 Å². The number of benzene rings is 8. The zero-order valence-corrected chi connectivity index (χ0v) is 34.0. The van der Waals surface area contributed by atoms with Gasteiger partial charge >= 0.3 is 0 Å². The highest BCUT2D eigenvalue weighted by Gasteiger charge is 2.52. The molecular formula is C58H43N3. The van der Waals surface area contributed by atoms with Crippen molar-refractivity contribution in [2.45, 2.75) is 18.4 Å². The number of amidine groups is 2. The number of hydrogen-bond donors (Lipinski definition) is 1. The fraction of sp³-hybridized carbons (Fsp3) is 0.0690. The molecular weight excluding hydrogens is 739 g/mol. The van der Waals surface area contributed by atoms with E-state index in [1.54, 1.807) is 0 Å². The van der Waals surface area contributed by atoms with Gasteiger partial charge in [0.1, 0.15) is 5.84 Å². The molecule has 0 radical (unpaired) electrons. The molecule has 290 valence electrons. The van der Waals surface area contributed by atoms with E-state index in [0.717, 1.165) is 40.1 Å². The SMILES string of the molecule is CN/C(=N\C(=N/Cc1ccccc1)c1ccccc1)c1cccc(C2=CC(c3cc4c(c5ccccc35)-c3ccccc3C43c4ccccc4-c4ccccc43)=CCC=C2)c1. The lowest BCUT2D eigenvalue weighted by molar-refractivity contribution is 0.794. The largest absolute Gasteiger partial charge is 0.373 e. The van der Waals surface area contributed by atoms with E-state index >= 15 is 0 Å². The van der Waals surface area contributed by atoms with Gasteiger partial charge in [-0.25, -0.2) is 4.99 Å². The summed E-state index contributed by atoms with van der Waals surface area (Å²) >= 11 is 0. The van der Waals surface area contributed by atoms with Gasteiger partial charge in [-0.2, -0.15) is 0 Å². The zero-order valence-electron chi connectivity index (χ0n) is 34.0. The smallest absolute Gasteiger partial charge is 0.157 e. The first kappa shape index (κ1) is 36.5. The summed E-state index contributed by atoms with van der Waals surface area (Å²) in [7, 11) is 1.93. The van der Waals surface area contributed by atoms with Crippen molar-refractivity contribution in [2.24, 2.45) is 9.98 Å². The Kier molecular flexibility index (Phi) is 9.08. The molecule has 3 aliphatic rings. The third kappa shape index (κ3) is 6.04. The van der Waals surface area contributed by atoms with Crippen LogP contribution in [-0.4, -0.2) is 18.7 Å². The van der Waals surface area contributed by atoms with Gasteiger partial charge < -0.3 is 5.32 Å². The van der Waals surface area contributed by atoms with Gasteiger partial charge in [-0.1, -0.05) is 194 Å². The fourth-order valence-corrected chi connectivity index (χ4v) is 9.97. The van der Waals surface area contributed by atoms with Crippen LogP contribution in [0.4, 0.5) is 0 Å². The molecule has 8 aromatic carbocycles. The summed E-state index contributed by atoms with van der Waals surface area (Å²) < 4.78 is 0. The molecule has 11 rings (SSSR count). The minimum atomic E-state index is -0.422. The van der Waals surface area contributed by atoms with Crippen LogP contribution in [0.15, 0.2) is 222 Å². The Bertz CT molecular complexity index is 3120. The van der Waals surface area contributed by atoms with E-state index in [2.05, 4.69) is 181 Å². The summed E-state index contributed by atoms with van der Waals surface area (Å²) in [6, 6.07) is 68.0. The molecule has 3 heteroatoms. The molecule has 0 bridgehead atoms. The average Bonchev–Trinajstić information content (AvgIpc) is 3.65. The summed E-state index contributed by atoms with van der Waals surface area (Å²) in [6.07, 6.45) is 10.2. The molecule has 0 aliphatic heterocycles. The van der Waals surface area contributed by atoms with E-state index in [-0.39, 0.29) is 0 Å². The predicted octanol–water partition coefficient (Wildman–Crippen LogP) is 13.2. The van der Waals surface area contributed by atoms with Crippen molar-refractivity contribution in [3.05, 3.63) is 262 Å². The first-order valence-corrected chi connectivity index (χ1v) is 21.2. The van der Waals surface area contributed by atoms with E-state index in [1.807, 2.05) is 43.4 Å². The first-order valence-electron chi connectivity index (χ1n) is 21.2. The molecule has 0 saturated carbocycles. The highest BCUT2D eigenvalue weighted by atomic mass is 15.0. The Hall–Kier alpha value is -7.62. The number of nitrogens with zero attached hydrogens (tertiary/aromatic N) is 2. The number of fused-ring (bicyclic) bond motifs is 12. The topological polar surface area (TPSA) is 36.8 Å². The van der Waals surface area contributed by atoms with E-state index in [0.29, 0.717) is 12.4 Å². The highest BCUT2D eigenvalue weighted by Crippen LogP contribution is 2.64. The van der Waals surface area contributed by atoms with Gasteiger partial charge in [-0.3, -0.25) is 4.99 Å². The Morgan fingerprint density at radius 2 is 1.15 bits per heavy atom. The molecule has 0 heterocycles. The van der Waals surface area contributed by atoms with Crippen molar-refractivity contribution in [1.29, 1.82) is 0 Å². The van der Waals surface area contributed by atoms with Crippen molar-refractivity contribution in [3.63, 3.8) is 0 Å². The van der Waals surface area contributed by atoms with E-state index in [9.17, 15) is 0 Å². The quantitative estimate of drug-likeness (QED) is 0.132. The second kappa shape index (κ2) is 15.2. The minimum Gasteiger partial charge on any atom is -0.373 e. The van der Waals surface area contributed by atoms with E-state index < -0.39 is 5.41 Å². The number of allylic oxidation sites excluding steroid dienone is 6. The van der Waals surface area contributed by atoms with Gasteiger partial charge in [0.25, 0.3) is 0 Å². The Balaban J connectivity index is 1.04. The van der Waals surface area contributed by atoms with Gasteiger partial charge in [-0.05, 0) is 108 Å². The summed E-state index contributed by atoms with van der Waals surface area (Å²) in [5.74, 6) is 1.45. The van der Waals surface area contributed by atoms with Crippen molar-refractivity contribution in [3.8, 4) is 22.3 Å². The van der Waals surface area contributed by atoms with Crippen LogP contribution >= 0.6 is 0 Å². The third-order valence-corrected chi connectivity index (χ3v) is 12.6. The summed E-state index contributed by atoms with van der Waals surface area (Å²) in [4.78, 5) is 10.2. The molecule has 8 aromatic rings. The molecule has 0 atom stereocenters. The van der Waals surface area contributed by atoms with Crippen LogP contribution in [0.25, 0.3) is 44.2 Å². The Labute approximate surface area is 357 Å². The Morgan fingerprint density at radius 3 is 1.87 bits per heavy atom. The standard InChI is InChI=1S/C58H43N3/c1-59-56(61-57(40-21-6-3-7-22-40)60-38-39-19-4-2-5-20-39)44-26-18-25-42(36-44)41-23-8-9-24-43(35-41)50-37-54-55(48-30-11-10-27-45(48)50)49-31-14-17-34-53(49)58(54)51-32-15-12-28-46(51)47-29-13-16-33-52(47)58/h2-8,10-37H,9,38H2,1H3,(H,59,60,61). The number of rotatable bonds is 6. The molecule has 0 amide bonds. The first-order chi connectivity index (χ1) is 30.2. The fourth-order valence-electron chi connectivity index (χ4n) is 9.97. The van der Waals surface area contributed by atoms with Crippen LogP contribution in [0.1, 0.15) is 56.5 Å². The monoisotopic (exact) mass is 781 g/mol. The second-order valence-corrected chi connectivity index (χ2v) is 16.0. The maximum atomic E-state index is 5.18. The van der Waals surface area contributed by atoms with Gasteiger partial charge in [0.2, 0.25) is 0 Å². The molecule has 0 saturated heterocycles. The van der Waals surface area contributed by atoms with Crippen molar-refractivity contribution in [1.82, 2.24) is 5.32 Å². The van der Waals surface area contributed by atoms with Crippen LogP contribution in [-0.2, 0) is 12.0 Å². The molecule has 1 spiro atoms. The van der Waals surface area contributed by atoms with Crippen molar-refractivity contribution < 1.29 is 0 Å². The lowest BCUT2D eigenvalue weighted by Gasteiger charge is -2.31. The molecule has 0 fully saturated rings. The zero-order chi connectivity index (χ0) is 40.8. The number of hydrogen-bond acceptors (Lipinski definition) is 1. The molecule has 0 aromatic heterocycles. The van der Waals surface area contributed by atoms with E-state index in [1.165, 1.54) is 66.4 Å². The molecule has 3 aliphatic carbocycles. The highest BCUT2D eigenvalue weighted by molar-refractivity contribution is 6.13. The maximum absolute atomic E-state index is 5.18. The van der Waals surface area contributed by atoms with Crippen LogP contribution < -0.4 is 5.32 Å². The van der Waals surface area contributed by atoms with Gasteiger partial charge in [0.05, 0.1) is 12.0 Å². The lowest BCUT2D eigenvalue weighted by atomic mass is 9.70. The van der Waals surface area contributed by atoms with Crippen LogP contribution in [0.3, 0.4) is 0 Å². The summed E-state index contributed by atoms with van der Waals surface area (Å²) in [6.45, 7) is 0.544.